The van der Waals surface area contributed by atoms with Crippen LogP contribution in [0.25, 0.3) is 0 Å². The maximum atomic E-state index is 14.2. The first-order valence-corrected chi connectivity index (χ1v) is 10.8. The molecule has 2 heterocycles. The van der Waals surface area contributed by atoms with Crippen molar-refractivity contribution in [2.75, 3.05) is 36.2 Å². The number of hydrogen-bond acceptors (Lipinski definition) is 7. The highest BCUT2D eigenvalue weighted by atomic mass is 35.5. The van der Waals surface area contributed by atoms with Crippen molar-refractivity contribution >= 4 is 40.6 Å². The lowest BCUT2D eigenvalue weighted by Crippen LogP contribution is -2.23. The summed E-state index contributed by atoms with van der Waals surface area (Å²) in [5, 5.41) is 8.87. The summed E-state index contributed by atoms with van der Waals surface area (Å²) in [5.74, 6) is 0.0763. The van der Waals surface area contributed by atoms with Gasteiger partial charge in [-0.3, -0.25) is 4.79 Å². The molecule has 1 saturated heterocycles. The fourth-order valence-corrected chi connectivity index (χ4v) is 3.57. The van der Waals surface area contributed by atoms with E-state index >= 15 is 0 Å². The van der Waals surface area contributed by atoms with Crippen molar-refractivity contribution in [2.45, 2.75) is 18.9 Å². The standard InChI is InChI=1S/C23H23ClFN5O3/c1-32-15-9-7-14(8-10-15)28-23-27-13-17(21(30-23)26-12-16-4-3-11-33-16)22(31)29-20-18(24)5-2-6-19(20)25/h2,5-10,13,16H,3-4,11-12H2,1H3,(H,29,31)(H2,26,27,28,30). The third-order valence-electron chi connectivity index (χ3n) is 5.10. The summed E-state index contributed by atoms with van der Waals surface area (Å²) >= 11 is 6.05. The predicted molar refractivity (Wildman–Crippen MR) is 125 cm³/mol. The summed E-state index contributed by atoms with van der Waals surface area (Å²) in [5.41, 5.74) is 0.790. The number of rotatable bonds is 8. The van der Waals surface area contributed by atoms with E-state index in [0.29, 0.717) is 19.0 Å². The number of methoxy groups -OCH3 is 1. The van der Waals surface area contributed by atoms with Crippen molar-refractivity contribution in [2.24, 2.45) is 0 Å². The average molecular weight is 472 g/mol. The molecule has 1 aromatic heterocycles. The number of aromatic nitrogens is 2. The molecule has 0 radical (unpaired) electrons. The Balaban J connectivity index is 1.57. The third kappa shape index (κ3) is 5.68. The molecule has 0 saturated carbocycles. The SMILES string of the molecule is COc1ccc(Nc2ncc(C(=O)Nc3c(F)cccc3Cl)c(NCC3CCCO3)n2)cc1. The number of carbonyl (C=O) groups is 1. The van der Waals surface area contributed by atoms with Crippen molar-refractivity contribution in [3.8, 4) is 5.75 Å². The van der Waals surface area contributed by atoms with Gasteiger partial charge < -0.3 is 25.4 Å². The van der Waals surface area contributed by atoms with Crippen molar-refractivity contribution in [1.29, 1.82) is 0 Å². The molecule has 1 fully saturated rings. The van der Waals surface area contributed by atoms with E-state index in [0.717, 1.165) is 24.3 Å². The van der Waals surface area contributed by atoms with Crippen LogP contribution in [0.2, 0.25) is 5.02 Å². The summed E-state index contributed by atoms with van der Waals surface area (Å²) < 4.78 is 25.0. The van der Waals surface area contributed by atoms with Crippen LogP contribution in [0.3, 0.4) is 0 Å². The lowest BCUT2D eigenvalue weighted by Gasteiger charge is -2.16. The molecule has 10 heteroatoms. The Morgan fingerprint density at radius 3 is 2.79 bits per heavy atom. The van der Waals surface area contributed by atoms with Crippen LogP contribution in [0.5, 0.6) is 5.75 Å². The first-order chi connectivity index (χ1) is 16.0. The van der Waals surface area contributed by atoms with E-state index in [4.69, 9.17) is 21.1 Å². The number of anilines is 4. The third-order valence-corrected chi connectivity index (χ3v) is 5.42. The lowest BCUT2D eigenvalue weighted by atomic mass is 10.2. The van der Waals surface area contributed by atoms with Gasteiger partial charge in [0, 0.05) is 25.0 Å². The zero-order valence-corrected chi connectivity index (χ0v) is 18.7. The van der Waals surface area contributed by atoms with E-state index in [-0.39, 0.29) is 28.3 Å². The van der Waals surface area contributed by atoms with E-state index < -0.39 is 11.7 Å². The van der Waals surface area contributed by atoms with Gasteiger partial charge in [0.15, 0.2) is 0 Å². The molecule has 3 N–H and O–H groups in total. The second-order valence-corrected chi connectivity index (χ2v) is 7.78. The first kappa shape index (κ1) is 22.8. The van der Waals surface area contributed by atoms with E-state index in [1.165, 1.54) is 24.4 Å². The second-order valence-electron chi connectivity index (χ2n) is 7.38. The zero-order chi connectivity index (χ0) is 23.2. The number of benzene rings is 2. The fraction of sp³-hybridized carbons (Fsp3) is 0.261. The van der Waals surface area contributed by atoms with Gasteiger partial charge in [-0.25, -0.2) is 9.37 Å². The molecule has 1 aliphatic heterocycles. The van der Waals surface area contributed by atoms with Gasteiger partial charge in [0.1, 0.15) is 22.9 Å². The highest BCUT2D eigenvalue weighted by Crippen LogP contribution is 2.27. The van der Waals surface area contributed by atoms with Crippen LogP contribution < -0.4 is 20.7 Å². The number of nitrogens with zero attached hydrogens (tertiary/aromatic N) is 2. The Kier molecular flexibility index (Phi) is 7.21. The number of nitrogens with one attached hydrogen (secondary N) is 3. The van der Waals surface area contributed by atoms with E-state index in [2.05, 4.69) is 25.9 Å². The van der Waals surface area contributed by atoms with Crippen LogP contribution in [-0.2, 0) is 4.74 Å². The van der Waals surface area contributed by atoms with Crippen LogP contribution in [0.1, 0.15) is 23.2 Å². The van der Waals surface area contributed by atoms with Crippen molar-refractivity contribution in [3.63, 3.8) is 0 Å². The van der Waals surface area contributed by atoms with Gasteiger partial charge >= 0.3 is 0 Å². The molecular weight excluding hydrogens is 449 g/mol. The predicted octanol–water partition coefficient (Wildman–Crippen LogP) is 4.86. The van der Waals surface area contributed by atoms with Crippen LogP contribution in [0.4, 0.5) is 27.5 Å². The van der Waals surface area contributed by atoms with E-state index in [1.807, 2.05) is 12.1 Å². The molecular formula is C23H23ClFN5O3. The van der Waals surface area contributed by atoms with E-state index in [9.17, 15) is 9.18 Å². The Morgan fingerprint density at radius 1 is 1.27 bits per heavy atom. The second kappa shape index (κ2) is 10.5. The minimum atomic E-state index is -0.636. The van der Waals surface area contributed by atoms with Gasteiger partial charge in [-0.2, -0.15) is 4.98 Å². The Bertz CT molecular complexity index is 1100. The Hall–Kier alpha value is -3.43. The molecule has 1 aliphatic rings. The summed E-state index contributed by atoms with van der Waals surface area (Å²) in [7, 11) is 1.59. The monoisotopic (exact) mass is 471 g/mol. The zero-order valence-electron chi connectivity index (χ0n) is 17.9. The van der Waals surface area contributed by atoms with Crippen LogP contribution in [-0.4, -0.2) is 42.2 Å². The molecule has 0 spiro atoms. The molecule has 0 aliphatic carbocycles. The topological polar surface area (TPSA) is 97.4 Å². The maximum absolute atomic E-state index is 14.2. The van der Waals surface area contributed by atoms with Crippen LogP contribution in [0, 0.1) is 5.82 Å². The summed E-state index contributed by atoms with van der Waals surface area (Å²) in [6.07, 6.45) is 3.30. The molecule has 8 nitrogen and oxygen atoms in total. The van der Waals surface area contributed by atoms with Gasteiger partial charge in [0.05, 0.1) is 23.9 Å². The number of halogens is 2. The van der Waals surface area contributed by atoms with E-state index in [1.54, 1.807) is 19.2 Å². The molecule has 1 amide bonds. The van der Waals surface area contributed by atoms with Crippen molar-refractivity contribution in [3.05, 3.63) is 65.1 Å². The Labute approximate surface area is 195 Å². The number of ether oxygens (including phenoxy) is 2. The van der Waals surface area contributed by atoms with Gasteiger partial charge in [0.2, 0.25) is 5.95 Å². The molecule has 172 valence electrons. The number of amides is 1. The molecule has 0 bridgehead atoms. The molecule has 33 heavy (non-hydrogen) atoms. The highest BCUT2D eigenvalue weighted by Gasteiger charge is 2.20. The molecule has 1 unspecified atom stereocenters. The number of hydrogen-bond donors (Lipinski definition) is 3. The fourth-order valence-electron chi connectivity index (χ4n) is 3.36. The van der Waals surface area contributed by atoms with Gasteiger partial charge in [-0.1, -0.05) is 17.7 Å². The summed E-state index contributed by atoms with van der Waals surface area (Å²) in [4.78, 5) is 21.7. The minimum absolute atomic E-state index is 0.0230. The normalized spacial score (nSPS) is 15.2. The lowest BCUT2D eigenvalue weighted by molar-refractivity contribution is 0.102. The first-order valence-electron chi connectivity index (χ1n) is 10.4. The minimum Gasteiger partial charge on any atom is -0.497 e. The number of carbonyl (C=O) groups excluding carboxylic acids is 1. The van der Waals surface area contributed by atoms with Gasteiger partial charge in [-0.15, -0.1) is 0 Å². The van der Waals surface area contributed by atoms with Crippen molar-refractivity contribution in [1.82, 2.24) is 9.97 Å². The summed E-state index contributed by atoms with van der Waals surface area (Å²) in [6.45, 7) is 1.18. The average Bonchev–Trinajstić information content (AvgIpc) is 3.34. The van der Waals surface area contributed by atoms with Crippen LogP contribution in [0.15, 0.2) is 48.7 Å². The molecule has 1 atom stereocenters. The quantitative estimate of drug-likeness (QED) is 0.431. The smallest absolute Gasteiger partial charge is 0.261 e. The van der Waals surface area contributed by atoms with Crippen LogP contribution >= 0.6 is 11.6 Å². The number of para-hydroxylation sites is 1. The van der Waals surface area contributed by atoms with Gasteiger partial charge in [0.25, 0.3) is 5.91 Å². The van der Waals surface area contributed by atoms with Gasteiger partial charge in [-0.05, 0) is 49.2 Å². The Morgan fingerprint density at radius 2 is 2.09 bits per heavy atom. The molecule has 2 aromatic carbocycles. The van der Waals surface area contributed by atoms with Crippen molar-refractivity contribution < 1.29 is 18.7 Å². The highest BCUT2D eigenvalue weighted by molar-refractivity contribution is 6.34. The largest absolute Gasteiger partial charge is 0.497 e. The molecule has 3 aromatic rings. The maximum Gasteiger partial charge on any atom is 0.261 e. The summed E-state index contributed by atoms with van der Waals surface area (Å²) in [6, 6.07) is 11.4. The molecule has 4 rings (SSSR count).